The Labute approximate surface area is 170 Å². The van der Waals surface area contributed by atoms with Gasteiger partial charge in [0.25, 0.3) is 0 Å². The van der Waals surface area contributed by atoms with E-state index in [1.807, 2.05) is 6.07 Å². The number of halogens is 1. The molecule has 1 fully saturated rings. The number of nitrogens with zero attached hydrogens (tertiary/aromatic N) is 3. The lowest BCUT2D eigenvalue weighted by atomic mass is 10.2. The molecule has 0 amide bonds. The van der Waals surface area contributed by atoms with Gasteiger partial charge in [-0.05, 0) is 31.2 Å². The Morgan fingerprint density at radius 3 is 2.61 bits per heavy atom. The van der Waals surface area contributed by atoms with Gasteiger partial charge in [0, 0.05) is 37.8 Å². The fourth-order valence-corrected chi connectivity index (χ4v) is 5.61. The van der Waals surface area contributed by atoms with E-state index in [1.54, 1.807) is 24.4 Å². The van der Waals surface area contributed by atoms with Crippen LogP contribution in [0.1, 0.15) is 13.3 Å². The molecule has 1 aliphatic rings. The molecule has 148 valence electrons. The van der Waals surface area contributed by atoms with E-state index in [4.69, 9.17) is 11.6 Å². The lowest BCUT2D eigenvalue weighted by Crippen LogP contribution is -2.46. The van der Waals surface area contributed by atoms with Crippen LogP contribution in [0.3, 0.4) is 0 Å². The summed E-state index contributed by atoms with van der Waals surface area (Å²) >= 11 is 6.15. The zero-order chi connectivity index (χ0) is 19.7. The van der Waals surface area contributed by atoms with Crippen molar-refractivity contribution in [2.75, 3.05) is 37.6 Å². The SMILES string of the molecule is CCCN1CCN(c2cnc3[nH]cc(S(=O)(=O)c4ccccc4Cl)c3c2)CC1. The second-order valence-corrected chi connectivity index (χ2v) is 9.30. The molecule has 3 aromatic rings. The first-order valence-corrected chi connectivity index (χ1v) is 11.3. The van der Waals surface area contributed by atoms with Crippen molar-refractivity contribution in [1.29, 1.82) is 0 Å². The van der Waals surface area contributed by atoms with Crippen molar-refractivity contribution in [2.45, 2.75) is 23.1 Å². The number of H-pyrrole nitrogens is 1. The minimum atomic E-state index is -3.75. The predicted octanol–water partition coefficient (Wildman–Crippen LogP) is 3.58. The van der Waals surface area contributed by atoms with Crippen molar-refractivity contribution in [3.8, 4) is 0 Å². The molecule has 4 rings (SSSR count). The van der Waals surface area contributed by atoms with Crippen LogP contribution in [0.2, 0.25) is 5.02 Å². The molecule has 0 radical (unpaired) electrons. The molecule has 0 aliphatic carbocycles. The Bertz CT molecular complexity index is 1090. The van der Waals surface area contributed by atoms with Gasteiger partial charge in [-0.25, -0.2) is 13.4 Å². The number of anilines is 1. The maximum atomic E-state index is 13.2. The molecule has 0 unspecified atom stereocenters. The normalized spacial score (nSPS) is 16.0. The van der Waals surface area contributed by atoms with Gasteiger partial charge in [-0.2, -0.15) is 0 Å². The lowest BCUT2D eigenvalue weighted by Gasteiger charge is -2.35. The largest absolute Gasteiger partial charge is 0.368 e. The van der Waals surface area contributed by atoms with Crippen LogP contribution in [0.4, 0.5) is 5.69 Å². The lowest BCUT2D eigenvalue weighted by molar-refractivity contribution is 0.258. The number of aromatic amines is 1. The third-order valence-corrected chi connectivity index (χ3v) is 7.47. The van der Waals surface area contributed by atoms with Crippen LogP contribution in [0.25, 0.3) is 11.0 Å². The summed E-state index contributed by atoms with van der Waals surface area (Å²) < 4.78 is 26.4. The maximum absolute atomic E-state index is 13.2. The first-order chi connectivity index (χ1) is 13.5. The van der Waals surface area contributed by atoms with E-state index in [1.165, 1.54) is 12.3 Å². The molecule has 3 heterocycles. The van der Waals surface area contributed by atoms with Gasteiger partial charge in [-0.3, -0.25) is 4.90 Å². The van der Waals surface area contributed by atoms with E-state index in [-0.39, 0.29) is 14.8 Å². The molecule has 0 atom stereocenters. The number of pyridine rings is 1. The summed E-state index contributed by atoms with van der Waals surface area (Å²) in [7, 11) is -3.75. The summed E-state index contributed by atoms with van der Waals surface area (Å²) in [5.74, 6) is 0. The topological polar surface area (TPSA) is 69.3 Å². The molecule has 1 saturated heterocycles. The van der Waals surface area contributed by atoms with E-state index in [0.29, 0.717) is 11.0 Å². The monoisotopic (exact) mass is 418 g/mol. The molecule has 8 heteroatoms. The fraction of sp³-hybridized carbons (Fsp3) is 0.350. The number of benzene rings is 1. The number of hydrogen-bond donors (Lipinski definition) is 1. The van der Waals surface area contributed by atoms with E-state index < -0.39 is 9.84 Å². The van der Waals surface area contributed by atoms with Crippen LogP contribution in [0.5, 0.6) is 0 Å². The highest BCUT2D eigenvalue weighted by atomic mass is 35.5. The van der Waals surface area contributed by atoms with Gasteiger partial charge in [0.2, 0.25) is 9.84 Å². The Hall–Kier alpha value is -2.09. The average molecular weight is 419 g/mol. The van der Waals surface area contributed by atoms with Gasteiger partial charge in [0.1, 0.15) is 5.65 Å². The van der Waals surface area contributed by atoms with Crippen LogP contribution in [-0.2, 0) is 9.84 Å². The van der Waals surface area contributed by atoms with Crippen LogP contribution in [-0.4, -0.2) is 56.0 Å². The molecule has 0 spiro atoms. The quantitative estimate of drug-likeness (QED) is 0.685. The molecular weight excluding hydrogens is 396 g/mol. The smallest absolute Gasteiger partial charge is 0.210 e. The van der Waals surface area contributed by atoms with Crippen molar-refractivity contribution in [3.05, 3.63) is 47.7 Å². The number of hydrogen-bond acceptors (Lipinski definition) is 5. The summed E-state index contributed by atoms with van der Waals surface area (Å²) in [5.41, 5.74) is 1.50. The highest BCUT2D eigenvalue weighted by Gasteiger charge is 2.25. The van der Waals surface area contributed by atoms with Crippen LogP contribution >= 0.6 is 11.6 Å². The second kappa shape index (κ2) is 7.73. The second-order valence-electron chi connectivity index (χ2n) is 7.01. The van der Waals surface area contributed by atoms with E-state index in [9.17, 15) is 8.42 Å². The fourth-order valence-electron chi connectivity index (χ4n) is 3.69. The molecule has 6 nitrogen and oxygen atoms in total. The maximum Gasteiger partial charge on any atom is 0.210 e. The summed E-state index contributed by atoms with van der Waals surface area (Å²) in [6, 6.07) is 8.42. The van der Waals surface area contributed by atoms with Crippen molar-refractivity contribution in [3.63, 3.8) is 0 Å². The number of sulfone groups is 1. The first-order valence-electron chi connectivity index (χ1n) is 9.44. The zero-order valence-electron chi connectivity index (χ0n) is 15.7. The Morgan fingerprint density at radius 2 is 1.89 bits per heavy atom. The molecule has 1 N–H and O–H groups in total. The van der Waals surface area contributed by atoms with Crippen molar-refractivity contribution in [1.82, 2.24) is 14.9 Å². The van der Waals surface area contributed by atoms with E-state index in [0.717, 1.165) is 44.8 Å². The minimum Gasteiger partial charge on any atom is -0.368 e. The van der Waals surface area contributed by atoms with Gasteiger partial charge < -0.3 is 9.88 Å². The van der Waals surface area contributed by atoms with Crippen LogP contribution in [0.15, 0.2) is 52.5 Å². The summed E-state index contributed by atoms with van der Waals surface area (Å²) in [4.78, 5) is 12.5. The van der Waals surface area contributed by atoms with Crippen molar-refractivity contribution >= 4 is 38.2 Å². The zero-order valence-corrected chi connectivity index (χ0v) is 17.3. The third-order valence-electron chi connectivity index (χ3n) is 5.17. The average Bonchev–Trinajstić information content (AvgIpc) is 3.13. The van der Waals surface area contributed by atoms with E-state index >= 15 is 0 Å². The molecule has 1 aromatic carbocycles. The summed E-state index contributed by atoms with van der Waals surface area (Å²) in [6.07, 6.45) is 4.46. The summed E-state index contributed by atoms with van der Waals surface area (Å²) in [5, 5.41) is 0.807. The highest BCUT2D eigenvalue weighted by molar-refractivity contribution is 7.91. The minimum absolute atomic E-state index is 0.108. The standard InChI is InChI=1S/C20H23ClN4O2S/c1-2-7-24-8-10-25(11-9-24)15-12-16-19(14-23-20(16)22-13-15)28(26,27)18-6-4-3-5-17(18)21/h3-6,12-14H,2,7-11H2,1H3,(H,22,23). The molecule has 0 bridgehead atoms. The van der Waals surface area contributed by atoms with Crippen molar-refractivity contribution in [2.24, 2.45) is 0 Å². The molecule has 0 saturated carbocycles. The number of piperazine rings is 1. The Morgan fingerprint density at radius 1 is 1.14 bits per heavy atom. The van der Waals surface area contributed by atoms with Gasteiger partial charge in [-0.15, -0.1) is 0 Å². The molecular formula is C20H23ClN4O2S. The number of nitrogens with one attached hydrogen (secondary N) is 1. The Balaban J connectivity index is 1.69. The number of rotatable bonds is 5. The van der Waals surface area contributed by atoms with Crippen LogP contribution < -0.4 is 4.90 Å². The number of aromatic nitrogens is 2. The third kappa shape index (κ3) is 3.50. The molecule has 1 aliphatic heterocycles. The first kappa shape index (κ1) is 19.2. The van der Waals surface area contributed by atoms with Crippen molar-refractivity contribution < 1.29 is 8.42 Å². The van der Waals surface area contributed by atoms with Gasteiger partial charge in [-0.1, -0.05) is 30.7 Å². The Kier molecular flexibility index (Phi) is 5.31. The van der Waals surface area contributed by atoms with Gasteiger partial charge >= 0.3 is 0 Å². The predicted molar refractivity (Wildman–Crippen MR) is 112 cm³/mol. The van der Waals surface area contributed by atoms with E-state index in [2.05, 4.69) is 26.7 Å². The number of fused-ring (bicyclic) bond motifs is 1. The molecule has 2 aromatic heterocycles. The molecule has 28 heavy (non-hydrogen) atoms. The summed E-state index contributed by atoms with van der Waals surface area (Å²) in [6.45, 7) is 7.13. The van der Waals surface area contributed by atoms with Gasteiger partial charge in [0.15, 0.2) is 0 Å². The van der Waals surface area contributed by atoms with Crippen LogP contribution in [0, 0.1) is 0 Å². The highest BCUT2D eigenvalue weighted by Crippen LogP contribution is 2.33. The van der Waals surface area contributed by atoms with Gasteiger partial charge in [0.05, 0.1) is 26.7 Å².